The minimum atomic E-state index is -0.437. The molecular weight excluding hydrogens is 328 g/mol. The lowest BCUT2D eigenvalue weighted by Crippen LogP contribution is -2.41. The molecule has 6 heteroatoms. The molecule has 0 bridgehead atoms. The molecule has 0 aliphatic carbocycles. The van der Waals surface area contributed by atoms with Gasteiger partial charge in [-0.15, -0.1) is 0 Å². The van der Waals surface area contributed by atoms with Gasteiger partial charge in [0.25, 0.3) is 0 Å². The van der Waals surface area contributed by atoms with Crippen molar-refractivity contribution >= 4 is 11.6 Å². The molecule has 0 atom stereocenters. The van der Waals surface area contributed by atoms with Gasteiger partial charge >= 0.3 is 6.09 Å². The second kappa shape index (κ2) is 6.58. The Labute approximate surface area is 154 Å². The quantitative estimate of drug-likeness (QED) is 0.853. The highest BCUT2D eigenvalue weighted by molar-refractivity contribution is 5.68. The molecule has 4 heterocycles. The Hall–Kier alpha value is -2.08. The number of pyridine rings is 1. The van der Waals surface area contributed by atoms with Crippen LogP contribution >= 0.6 is 0 Å². The summed E-state index contributed by atoms with van der Waals surface area (Å²) in [6.07, 6.45) is 4.92. The van der Waals surface area contributed by atoms with Crippen molar-refractivity contribution in [3.05, 3.63) is 35.2 Å². The number of rotatable bonds is 1. The van der Waals surface area contributed by atoms with Gasteiger partial charge in [-0.3, -0.25) is 0 Å². The maximum atomic E-state index is 12.2. The molecule has 140 valence electrons. The summed E-state index contributed by atoms with van der Waals surface area (Å²) in [6, 6.07) is 4.44. The van der Waals surface area contributed by atoms with Crippen molar-refractivity contribution in [3.8, 4) is 0 Å². The summed E-state index contributed by atoms with van der Waals surface area (Å²) in [6.45, 7) is 9.14. The highest BCUT2D eigenvalue weighted by atomic mass is 16.6. The molecule has 1 amide bonds. The summed E-state index contributed by atoms with van der Waals surface area (Å²) >= 11 is 0. The van der Waals surface area contributed by atoms with E-state index in [9.17, 15) is 4.79 Å². The van der Waals surface area contributed by atoms with Crippen molar-refractivity contribution in [2.45, 2.75) is 58.1 Å². The zero-order chi connectivity index (χ0) is 18.3. The minimum absolute atomic E-state index is 0.196. The second-order valence-corrected chi connectivity index (χ2v) is 8.39. The number of fused-ring (bicyclic) bond motifs is 3. The molecule has 1 saturated heterocycles. The van der Waals surface area contributed by atoms with E-state index in [1.165, 1.54) is 22.3 Å². The number of hydrogen-bond acceptors (Lipinski definition) is 4. The van der Waals surface area contributed by atoms with Crippen LogP contribution in [0.2, 0.25) is 0 Å². The fourth-order valence-corrected chi connectivity index (χ4v) is 3.94. The average Bonchev–Trinajstić information content (AvgIpc) is 2.98. The van der Waals surface area contributed by atoms with Gasteiger partial charge < -0.3 is 15.0 Å². The van der Waals surface area contributed by atoms with Crippen LogP contribution < -0.4 is 5.32 Å². The summed E-state index contributed by atoms with van der Waals surface area (Å²) in [5.74, 6) is 0.470. The van der Waals surface area contributed by atoms with Crippen LogP contribution in [0, 0.1) is 0 Å². The van der Waals surface area contributed by atoms with Gasteiger partial charge in [0.2, 0.25) is 0 Å². The molecule has 4 rings (SSSR count). The van der Waals surface area contributed by atoms with Gasteiger partial charge in [-0.1, -0.05) is 6.07 Å². The molecule has 2 aromatic rings. The highest BCUT2D eigenvalue weighted by Crippen LogP contribution is 2.30. The molecule has 0 aromatic carbocycles. The number of hydrogen-bond donors (Lipinski definition) is 1. The monoisotopic (exact) mass is 356 g/mol. The number of piperidine rings is 1. The standard InChI is InChI=1S/C20H28N4O2/c1-20(2,3)26-19(25)23-10-7-14(8-11-23)15-4-5-18-16-12-21-9-6-17(16)22-24(18)13-15/h4-5,13-14,21H,6-12H2,1-3H3. The number of amides is 1. The topological polar surface area (TPSA) is 58.9 Å². The van der Waals surface area contributed by atoms with Gasteiger partial charge in [0.15, 0.2) is 0 Å². The van der Waals surface area contributed by atoms with Gasteiger partial charge in [-0.2, -0.15) is 5.10 Å². The summed E-state index contributed by atoms with van der Waals surface area (Å²) in [4.78, 5) is 14.1. The van der Waals surface area contributed by atoms with Crippen LogP contribution in [0.1, 0.15) is 56.4 Å². The molecule has 0 unspecified atom stereocenters. The van der Waals surface area contributed by atoms with Gasteiger partial charge in [-0.25, -0.2) is 9.31 Å². The van der Waals surface area contributed by atoms with E-state index in [0.717, 1.165) is 45.4 Å². The Kier molecular flexibility index (Phi) is 4.39. The third-order valence-corrected chi connectivity index (χ3v) is 5.30. The number of likely N-dealkylation sites (tertiary alicyclic amines) is 1. The first-order valence-electron chi connectivity index (χ1n) is 9.59. The van der Waals surface area contributed by atoms with E-state index in [2.05, 4.69) is 23.6 Å². The molecule has 0 saturated carbocycles. The third kappa shape index (κ3) is 3.43. The predicted octanol–water partition coefficient (Wildman–Crippen LogP) is 3.09. The Morgan fingerprint density at radius 3 is 2.77 bits per heavy atom. The molecule has 6 nitrogen and oxygen atoms in total. The first-order valence-corrected chi connectivity index (χ1v) is 9.59. The van der Waals surface area contributed by atoms with Crippen molar-refractivity contribution in [3.63, 3.8) is 0 Å². The van der Waals surface area contributed by atoms with Crippen LogP contribution in [0.15, 0.2) is 18.3 Å². The van der Waals surface area contributed by atoms with Gasteiger partial charge in [0, 0.05) is 44.4 Å². The maximum absolute atomic E-state index is 12.2. The molecule has 2 aromatic heterocycles. The van der Waals surface area contributed by atoms with Crippen LogP contribution in [-0.2, 0) is 17.7 Å². The number of nitrogens with one attached hydrogen (secondary N) is 1. The van der Waals surface area contributed by atoms with Crippen LogP contribution in [0.3, 0.4) is 0 Å². The molecule has 1 N–H and O–H groups in total. The summed E-state index contributed by atoms with van der Waals surface area (Å²) in [5, 5.41) is 8.21. The van der Waals surface area contributed by atoms with Crippen molar-refractivity contribution < 1.29 is 9.53 Å². The molecule has 2 aliphatic rings. The Morgan fingerprint density at radius 2 is 2.04 bits per heavy atom. The van der Waals surface area contributed by atoms with Crippen LogP contribution in [0.4, 0.5) is 4.79 Å². The molecule has 0 spiro atoms. The minimum Gasteiger partial charge on any atom is -0.444 e. The van der Waals surface area contributed by atoms with E-state index in [-0.39, 0.29) is 6.09 Å². The van der Waals surface area contributed by atoms with E-state index in [0.29, 0.717) is 5.92 Å². The first kappa shape index (κ1) is 17.3. The smallest absolute Gasteiger partial charge is 0.410 e. The molecule has 26 heavy (non-hydrogen) atoms. The lowest BCUT2D eigenvalue weighted by molar-refractivity contribution is 0.0205. The first-order chi connectivity index (χ1) is 12.4. The second-order valence-electron chi connectivity index (χ2n) is 8.39. The fourth-order valence-electron chi connectivity index (χ4n) is 3.94. The summed E-state index contributed by atoms with van der Waals surface area (Å²) in [7, 11) is 0. The number of aromatic nitrogens is 2. The van der Waals surface area contributed by atoms with E-state index in [4.69, 9.17) is 9.84 Å². The summed E-state index contributed by atoms with van der Waals surface area (Å²) < 4.78 is 7.54. The number of ether oxygens (including phenoxy) is 1. The molecule has 1 fully saturated rings. The van der Waals surface area contributed by atoms with E-state index in [1.54, 1.807) is 0 Å². The maximum Gasteiger partial charge on any atom is 0.410 e. The van der Waals surface area contributed by atoms with Crippen molar-refractivity contribution in [1.82, 2.24) is 19.8 Å². The Bertz CT molecular complexity index is 813. The van der Waals surface area contributed by atoms with E-state index >= 15 is 0 Å². The lowest BCUT2D eigenvalue weighted by Gasteiger charge is -2.33. The molecule has 2 aliphatic heterocycles. The summed E-state index contributed by atoms with van der Waals surface area (Å²) in [5.41, 5.74) is 4.65. The largest absolute Gasteiger partial charge is 0.444 e. The van der Waals surface area contributed by atoms with Crippen molar-refractivity contribution in [2.24, 2.45) is 0 Å². The lowest BCUT2D eigenvalue weighted by atomic mass is 9.90. The molecular formula is C20H28N4O2. The number of nitrogens with zero attached hydrogens (tertiary/aromatic N) is 3. The zero-order valence-corrected chi connectivity index (χ0v) is 15.9. The third-order valence-electron chi connectivity index (χ3n) is 5.30. The van der Waals surface area contributed by atoms with Crippen LogP contribution in [0.25, 0.3) is 5.52 Å². The highest BCUT2D eigenvalue weighted by Gasteiger charge is 2.28. The Morgan fingerprint density at radius 1 is 1.27 bits per heavy atom. The average molecular weight is 356 g/mol. The fraction of sp³-hybridized carbons (Fsp3) is 0.600. The van der Waals surface area contributed by atoms with E-state index in [1.807, 2.05) is 30.2 Å². The van der Waals surface area contributed by atoms with Gasteiger partial charge in [-0.05, 0) is 51.2 Å². The number of carbonyl (C=O) groups is 1. The predicted molar refractivity (Wildman–Crippen MR) is 100 cm³/mol. The number of carbonyl (C=O) groups excluding carboxylic acids is 1. The normalized spacial score (nSPS) is 18.8. The van der Waals surface area contributed by atoms with Crippen molar-refractivity contribution in [1.29, 1.82) is 0 Å². The SMILES string of the molecule is CC(C)(C)OC(=O)N1CCC(c2ccc3c4c(nn3c2)CCNC4)CC1. The van der Waals surface area contributed by atoms with E-state index < -0.39 is 5.60 Å². The van der Waals surface area contributed by atoms with Crippen LogP contribution in [-0.4, -0.2) is 45.8 Å². The van der Waals surface area contributed by atoms with Gasteiger partial charge in [0.1, 0.15) is 5.60 Å². The molecule has 0 radical (unpaired) electrons. The zero-order valence-electron chi connectivity index (χ0n) is 15.9. The van der Waals surface area contributed by atoms with Crippen LogP contribution in [0.5, 0.6) is 0 Å². The van der Waals surface area contributed by atoms with Crippen molar-refractivity contribution in [2.75, 3.05) is 19.6 Å². The van der Waals surface area contributed by atoms with Gasteiger partial charge in [0.05, 0.1) is 11.2 Å². The Balaban J connectivity index is 1.45.